The molecule has 72 valence electrons. The summed E-state index contributed by atoms with van der Waals surface area (Å²) in [4.78, 5) is 1.97. The summed E-state index contributed by atoms with van der Waals surface area (Å²) in [6.07, 6.45) is 1.14. The Hall–Kier alpha value is -0.160. The van der Waals surface area contributed by atoms with E-state index in [1.165, 1.54) is 13.0 Å². The molecule has 4 heteroatoms. The molecule has 1 aliphatic rings. The van der Waals surface area contributed by atoms with Crippen LogP contribution in [0.15, 0.2) is 0 Å². The first-order valence-corrected chi connectivity index (χ1v) is 4.51. The van der Waals surface area contributed by atoms with Gasteiger partial charge in [-0.3, -0.25) is 10.2 Å². The average molecular weight is 172 g/mol. The standard InChI is InChI=1S/C8H20N4/c1-6(4-7-5-10-7)11-8(9)12(2)3/h6-8,10-11H,4-5,9H2,1-3H3. The molecule has 0 aromatic rings. The van der Waals surface area contributed by atoms with Crippen LogP contribution in [-0.4, -0.2) is 43.9 Å². The van der Waals surface area contributed by atoms with E-state index < -0.39 is 0 Å². The molecule has 1 heterocycles. The number of nitrogens with one attached hydrogen (secondary N) is 2. The van der Waals surface area contributed by atoms with Crippen LogP contribution in [0.2, 0.25) is 0 Å². The van der Waals surface area contributed by atoms with E-state index in [0.717, 1.165) is 6.04 Å². The van der Waals surface area contributed by atoms with Gasteiger partial charge in [-0.25, -0.2) is 0 Å². The van der Waals surface area contributed by atoms with Crippen LogP contribution in [0.5, 0.6) is 0 Å². The van der Waals surface area contributed by atoms with Gasteiger partial charge in [0.05, 0.1) is 0 Å². The molecule has 0 bridgehead atoms. The highest BCUT2D eigenvalue weighted by Crippen LogP contribution is 2.06. The number of nitrogens with two attached hydrogens (primary N) is 1. The van der Waals surface area contributed by atoms with E-state index in [1.807, 2.05) is 19.0 Å². The number of hydrogen-bond acceptors (Lipinski definition) is 4. The van der Waals surface area contributed by atoms with Crippen molar-refractivity contribution in [2.75, 3.05) is 20.6 Å². The highest BCUT2D eigenvalue weighted by molar-refractivity contribution is 4.86. The molecule has 0 spiro atoms. The summed E-state index contributed by atoms with van der Waals surface area (Å²) in [5, 5.41) is 6.59. The molecule has 0 aromatic heterocycles. The third-order valence-electron chi connectivity index (χ3n) is 2.14. The maximum absolute atomic E-state index is 5.81. The largest absolute Gasteiger partial charge is 0.311 e. The van der Waals surface area contributed by atoms with Crippen LogP contribution in [0.25, 0.3) is 0 Å². The SMILES string of the molecule is CC(CC1CN1)NC(N)N(C)C. The van der Waals surface area contributed by atoms with Crippen LogP contribution in [0, 0.1) is 0 Å². The van der Waals surface area contributed by atoms with Gasteiger partial charge >= 0.3 is 0 Å². The summed E-state index contributed by atoms with van der Waals surface area (Å²) in [5.74, 6) is 0. The molecule has 0 radical (unpaired) electrons. The van der Waals surface area contributed by atoms with E-state index in [2.05, 4.69) is 17.6 Å². The molecule has 1 fully saturated rings. The summed E-state index contributed by atoms with van der Waals surface area (Å²) in [6, 6.07) is 1.21. The first-order valence-electron chi connectivity index (χ1n) is 4.51. The highest BCUT2D eigenvalue weighted by atomic mass is 15.3. The zero-order valence-electron chi connectivity index (χ0n) is 8.17. The predicted molar refractivity (Wildman–Crippen MR) is 50.7 cm³/mol. The Labute approximate surface area is 74.5 Å². The smallest absolute Gasteiger partial charge is 0.111 e. The predicted octanol–water partition coefficient (Wildman–Crippen LogP) is -0.870. The summed E-state index contributed by atoms with van der Waals surface area (Å²) in [6.45, 7) is 3.34. The van der Waals surface area contributed by atoms with Crippen molar-refractivity contribution in [2.24, 2.45) is 5.73 Å². The van der Waals surface area contributed by atoms with E-state index >= 15 is 0 Å². The van der Waals surface area contributed by atoms with E-state index in [4.69, 9.17) is 5.73 Å². The Morgan fingerprint density at radius 1 is 1.67 bits per heavy atom. The molecule has 1 aliphatic heterocycles. The monoisotopic (exact) mass is 172 g/mol. The molecule has 4 nitrogen and oxygen atoms in total. The van der Waals surface area contributed by atoms with Crippen molar-refractivity contribution >= 4 is 0 Å². The van der Waals surface area contributed by atoms with Gasteiger partial charge in [0.15, 0.2) is 0 Å². The molecule has 3 atom stereocenters. The summed E-state index contributed by atoms with van der Waals surface area (Å²) in [5.41, 5.74) is 5.81. The zero-order chi connectivity index (χ0) is 9.14. The Morgan fingerprint density at radius 2 is 2.25 bits per heavy atom. The van der Waals surface area contributed by atoms with Gasteiger partial charge < -0.3 is 11.1 Å². The fourth-order valence-electron chi connectivity index (χ4n) is 1.19. The fourth-order valence-corrected chi connectivity index (χ4v) is 1.19. The second-order valence-electron chi connectivity index (χ2n) is 3.82. The Kier molecular flexibility index (Phi) is 3.46. The van der Waals surface area contributed by atoms with Crippen LogP contribution < -0.4 is 16.4 Å². The molecular formula is C8H20N4. The highest BCUT2D eigenvalue weighted by Gasteiger charge is 2.23. The molecular weight excluding hydrogens is 152 g/mol. The van der Waals surface area contributed by atoms with Crippen LogP contribution >= 0.6 is 0 Å². The van der Waals surface area contributed by atoms with Crippen LogP contribution in [0.4, 0.5) is 0 Å². The summed E-state index contributed by atoms with van der Waals surface area (Å²) >= 11 is 0. The van der Waals surface area contributed by atoms with Crippen molar-refractivity contribution in [3.8, 4) is 0 Å². The Morgan fingerprint density at radius 3 is 2.67 bits per heavy atom. The fraction of sp³-hybridized carbons (Fsp3) is 1.00. The average Bonchev–Trinajstić information content (AvgIpc) is 2.71. The lowest BCUT2D eigenvalue weighted by Crippen LogP contribution is -2.52. The Balaban J connectivity index is 2.10. The van der Waals surface area contributed by atoms with Crippen LogP contribution in [0.3, 0.4) is 0 Å². The molecule has 0 aromatic carbocycles. The minimum Gasteiger partial charge on any atom is -0.311 e. The van der Waals surface area contributed by atoms with Gasteiger partial charge in [-0.1, -0.05) is 0 Å². The zero-order valence-corrected chi connectivity index (χ0v) is 8.17. The summed E-state index contributed by atoms with van der Waals surface area (Å²) < 4.78 is 0. The van der Waals surface area contributed by atoms with Gasteiger partial charge in [0.25, 0.3) is 0 Å². The van der Waals surface area contributed by atoms with Crippen molar-refractivity contribution in [1.29, 1.82) is 0 Å². The number of nitrogens with zero attached hydrogens (tertiary/aromatic N) is 1. The third-order valence-corrected chi connectivity index (χ3v) is 2.14. The number of rotatable bonds is 5. The lowest BCUT2D eigenvalue weighted by atomic mass is 10.2. The normalized spacial score (nSPS) is 27.2. The maximum Gasteiger partial charge on any atom is 0.111 e. The van der Waals surface area contributed by atoms with E-state index in [0.29, 0.717) is 6.04 Å². The summed E-state index contributed by atoms with van der Waals surface area (Å²) in [7, 11) is 3.94. The first-order chi connectivity index (χ1) is 5.59. The van der Waals surface area contributed by atoms with Crippen molar-refractivity contribution in [1.82, 2.24) is 15.5 Å². The molecule has 12 heavy (non-hydrogen) atoms. The lowest BCUT2D eigenvalue weighted by molar-refractivity contribution is 0.230. The van der Waals surface area contributed by atoms with Gasteiger partial charge in [0.1, 0.15) is 6.29 Å². The van der Waals surface area contributed by atoms with E-state index in [9.17, 15) is 0 Å². The third kappa shape index (κ3) is 3.49. The van der Waals surface area contributed by atoms with Gasteiger partial charge in [0.2, 0.25) is 0 Å². The van der Waals surface area contributed by atoms with E-state index in [-0.39, 0.29) is 6.29 Å². The van der Waals surface area contributed by atoms with Crippen molar-refractivity contribution in [3.63, 3.8) is 0 Å². The molecule has 1 saturated heterocycles. The van der Waals surface area contributed by atoms with E-state index in [1.54, 1.807) is 0 Å². The van der Waals surface area contributed by atoms with Gasteiger partial charge in [-0.2, -0.15) is 0 Å². The minimum atomic E-state index is -0.0289. The van der Waals surface area contributed by atoms with Gasteiger partial charge in [-0.05, 0) is 27.4 Å². The van der Waals surface area contributed by atoms with Gasteiger partial charge in [-0.15, -0.1) is 0 Å². The van der Waals surface area contributed by atoms with Crippen molar-refractivity contribution in [2.45, 2.75) is 31.7 Å². The van der Waals surface area contributed by atoms with Crippen molar-refractivity contribution in [3.05, 3.63) is 0 Å². The molecule has 0 saturated carbocycles. The molecule has 1 rings (SSSR count). The molecule has 4 N–H and O–H groups in total. The van der Waals surface area contributed by atoms with Crippen molar-refractivity contribution < 1.29 is 0 Å². The topological polar surface area (TPSA) is 63.2 Å². The lowest BCUT2D eigenvalue weighted by Gasteiger charge is -2.24. The van der Waals surface area contributed by atoms with Crippen LogP contribution in [0.1, 0.15) is 13.3 Å². The molecule has 0 aliphatic carbocycles. The second kappa shape index (κ2) is 4.18. The maximum atomic E-state index is 5.81. The quantitative estimate of drug-likeness (QED) is 0.373. The first kappa shape index (κ1) is 9.92. The van der Waals surface area contributed by atoms with Gasteiger partial charge in [0, 0.05) is 18.6 Å². The second-order valence-corrected chi connectivity index (χ2v) is 3.82. The Bertz CT molecular complexity index is 133. The number of hydrogen-bond donors (Lipinski definition) is 3. The van der Waals surface area contributed by atoms with Crippen LogP contribution in [-0.2, 0) is 0 Å². The minimum absolute atomic E-state index is 0.0289. The molecule has 0 amide bonds. The molecule has 3 unspecified atom stereocenters.